The lowest BCUT2D eigenvalue weighted by Gasteiger charge is -2.40. The summed E-state index contributed by atoms with van der Waals surface area (Å²) < 4.78 is 33.3. The van der Waals surface area contributed by atoms with E-state index >= 15 is 0 Å². The van der Waals surface area contributed by atoms with Crippen LogP contribution in [-0.4, -0.2) is 102 Å². The van der Waals surface area contributed by atoms with Gasteiger partial charge in [-0.15, -0.1) is 0 Å². The number of nitro groups is 1. The molecule has 14 nitrogen and oxygen atoms in total. The molecule has 0 aliphatic carbocycles. The van der Waals surface area contributed by atoms with Gasteiger partial charge in [0.25, 0.3) is 5.69 Å². The number of hydrogen-bond donors (Lipinski definition) is 0. The molecule has 0 saturated carbocycles. The van der Waals surface area contributed by atoms with Crippen molar-refractivity contribution in [3.05, 3.63) is 81.3 Å². The molecular formula is C33H41N5O9S. The Balaban J connectivity index is 1.56. The number of nitro benzene ring substituents is 1. The number of para-hydroxylation sites is 1. The maximum atomic E-state index is 14.0. The molecule has 3 amide bonds. The average molecular weight is 684 g/mol. The SMILES string of the molecule is CN1CN(Cc2ccccc2)CN(CC(=O)CC/C=C(/C(=O)[C@@H]2CCCN2C(=O)OC(C)(C)C)S(=O)(=O)c2ccccc2[N+](=O)[O-])C1=O. The van der Waals surface area contributed by atoms with E-state index in [-0.39, 0.29) is 50.8 Å². The highest BCUT2D eigenvalue weighted by molar-refractivity contribution is 7.96. The monoisotopic (exact) mass is 683 g/mol. The number of carbonyl (C=O) groups excluding carboxylic acids is 4. The van der Waals surface area contributed by atoms with E-state index in [0.29, 0.717) is 19.6 Å². The molecule has 0 aromatic heterocycles. The molecule has 0 spiro atoms. The molecular weight excluding hydrogens is 642 g/mol. The van der Waals surface area contributed by atoms with E-state index in [2.05, 4.69) is 0 Å². The molecule has 258 valence electrons. The van der Waals surface area contributed by atoms with E-state index < -0.39 is 53.8 Å². The fraction of sp³-hybridized carbons (Fsp3) is 0.455. The van der Waals surface area contributed by atoms with Gasteiger partial charge in [-0.25, -0.2) is 18.0 Å². The maximum Gasteiger partial charge on any atom is 0.410 e. The summed E-state index contributed by atoms with van der Waals surface area (Å²) in [6.45, 7) is 6.04. The van der Waals surface area contributed by atoms with E-state index in [1.807, 2.05) is 35.2 Å². The third kappa shape index (κ3) is 8.83. The number of likely N-dealkylation sites (tertiary alicyclic amines) is 1. The normalized spacial score (nSPS) is 17.8. The van der Waals surface area contributed by atoms with Crippen LogP contribution in [0.1, 0.15) is 52.0 Å². The molecule has 2 aliphatic rings. The summed E-state index contributed by atoms with van der Waals surface area (Å²) in [5.41, 5.74) is -0.539. The van der Waals surface area contributed by atoms with Crippen molar-refractivity contribution in [3.63, 3.8) is 0 Å². The number of ether oxygens (including phenoxy) is 1. The summed E-state index contributed by atoms with van der Waals surface area (Å²) in [5.74, 6) is -1.30. The zero-order chi connectivity index (χ0) is 35.2. The van der Waals surface area contributed by atoms with Crippen LogP contribution >= 0.6 is 0 Å². The third-order valence-electron chi connectivity index (χ3n) is 7.82. The lowest BCUT2D eigenvalue weighted by atomic mass is 10.1. The second-order valence-electron chi connectivity index (χ2n) is 12.8. The Morgan fingerprint density at radius 2 is 1.71 bits per heavy atom. The first kappa shape index (κ1) is 36.2. The Bertz CT molecular complexity index is 1690. The smallest absolute Gasteiger partial charge is 0.410 e. The number of Topliss-reactive ketones (excluding diaryl/α,β-unsaturated/α-hetero) is 2. The van der Waals surface area contributed by atoms with Crippen LogP contribution in [0.15, 0.2) is 70.5 Å². The lowest BCUT2D eigenvalue weighted by molar-refractivity contribution is -0.387. The number of hydrogen-bond acceptors (Lipinski definition) is 10. The number of rotatable bonds is 12. The second kappa shape index (κ2) is 15.1. The Labute approximate surface area is 280 Å². The minimum absolute atomic E-state index is 0.155. The minimum Gasteiger partial charge on any atom is -0.444 e. The zero-order valence-electron chi connectivity index (χ0n) is 27.5. The highest BCUT2D eigenvalue weighted by atomic mass is 32.2. The van der Waals surface area contributed by atoms with Crippen LogP contribution in [0, 0.1) is 10.1 Å². The van der Waals surface area contributed by atoms with E-state index in [0.717, 1.165) is 23.8 Å². The first-order valence-electron chi connectivity index (χ1n) is 15.6. The Hall–Kier alpha value is -4.63. The highest BCUT2D eigenvalue weighted by Crippen LogP contribution is 2.32. The van der Waals surface area contributed by atoms with E-state index in [1.54, 1.807) is 27.8 Å². The fourth-order valence-electron chi connectivity index (χ4n) is 5.70. The molecule has 0 unspecified atom stereocenters. The van der Waals surface area contributed by atoms with E-state index in [9.17, 15) is 37.7 Å². The molecule has 2 aliphatic heterocycles. The van der Waals surface area contributed by atoms with Gasteiger partial charge in [-0.1, -0.05) is 48.5 Å². The Morgan fingerprint density at radius 1 is 1.04 bits per heavy atom. The van der Waals surface area contributed by atoms with Gasteiger partial charge >= 0.3 is 12.1 Å². The number of benzene rings is 2. The van der Waals surface area contributed by atoms with Gasteiger partial charge in [0.2, 0.25) is 9.84 Å². The summed E-state index contributed by atoms with van der Waals surface area (Å²) in [4.78, 5) is 68.4. The quantitative estimate of drug-likeness (QED) is 0.178. The second-order valence-corrected chi connectivity index (χ2v) is 14.7. The van der Waals surface area contributed by atoms with Crippen molar-refractivity contribution in [1.82, 2.24) is 19.6 Å². The predicted octanol–water partition coefficient (Wildman–Crippen LogP) is 4.35. The molecule has 0 bridgehead atoms. The Kier molecular flexibility index (Phi) is 11.4. The molecule has 48 heavy (non-hydrogen) atoms. The van der Waals surface area contributed by atoms with E-state index in [1.165, 1.54) is 26.8 Å². The van der Waals surface area contributed by atoms with Gasteiger partial charge < -0.3 is 14.5 Å². The molecule has 2 fully saturated rings. The predicted molar refractivity (Wildman–Crippen MR) is 175 cm³/mol. The van der Waals surface area contributed by atoms with Crippen molar-refractivity contribution >= 4 is 39.2 Å². The third-order valence-corrected chi connectivity index (χ3v) is 9.69. The van der Waals surface area contributed by atoms with Gasteiger partial charge in [0.05, 0.1) is 30.8 Å². The van der Waals surface area contributed by atoms with Crippen LogP contribution in [-0.2, 0) is 30.7 Å². The zero-order valence-corrected chi connectivity index (χ0v) is 28.3. The van der Waals surface area contributed by atoms with E-state index in [4.69, 9.17) is 4.74 Å². The number of allylic oxidation sites excluding steroid dienone is 1. The molecule has 1 atom stereocenters. The molecule has 0 radical (unpaired) electrons. The molecule has 2 aromatic rings. The van der Waals surface area contributed by atoms with Crippen LogP contribution in [0.25, 0.3) is 0 Å². The fourth-order valence-corrected chi connectivity index (χ4v) is 7.35. The van der Waals surface area contributed by atoms with Gasteiger partial charge in [0.15, 0.2) is 11.6 Å². The summed E-state index contributed by atoms with van der Waals surface area (Å²) in [7, 11) is -3.14. The topological polar surface area (TPSA) is 168 Å². The molecule has 2 aromatic carbocycles. The van der Waals surface area contributed by atoms with Crippen LogP contribution in [0.4, 0.5) is 15.3 Å². The highest BCUT2D eigenvalue weighted by Gasteiger charge is 2.42. The van der Waals surface area contributed by atoms with Crippen LogP contribution in [0.3, 0.4) is 0 Å². The minimum atomic E-state index is -4.77. The number of amides is 3. The standard InChI is InChI=1S/C33H41N5O9S/c1-33(2,3)47-32(42)37-19-11-16-27(37)30(40)29(48(45,46)28-17-9-8-15-26(28)38(43)44)18-10-14-25(39)21-36-23-35(22-34(4)31(36)41)20-24-12-6-5-7-13-24/h5-9,12-13,15,17-18,27H,10-11,14,16,19-23H2,1-4H3/b29-18-/t27-/m0/s1. The molecule has 2 saturated heterocycles. The molecule has 2 heterocycles. The van der Waals surface area contributed by atoms with Crippen molar-refractivity contribution in [2.45, 2.75) is 69.5 Å². The number of urea groups is 1. The number of carbonyl (C=O) groups is 4. The summed E-state index contributed by atoms with van der Waals surface area (Å²) >= 11 is 0. The van der Waals surface area contributed by atoms with Gasteiger partial charge in [-0.3, -0.25) is 29.5 Å². The van der Waals surface area contributed by atoms with Gasteiger partial charge in [-0.2, -0.15) is 0 Å². The van der Waals surface area contributed by atoms with Crippen LogP contribution in [0.2, 0.25) is 0 Å². The average Bonchev–Trinajstić information content (AvgIpc) is 3.52. The van der Waals surface area contributed by atoms with Crippen molar-refractivity contribution in [1.29, 1.82) is 0 Å². The van der Waals surface area contributed by atoms with Gasteiger partial charge in [0.1, 0.15) is 15.4 Å². The van der Waals surface area contributed by atoms with Crippen LogP contribution < -0.4 is 0 Å². The molecule has 0 N–H and O–H groups in total. The van der Waals surface area contributed by atoms with Gasteiger partial charge in [-0.05, 0) is 51.7 Å². The molecule has 4 rings (SSSR count). The van der Waals surface area contributed by atoms with Crippen LogP contribution in [0.5, 0.6) is 0 Å². The summed E-state index contributed by atoms with van der Waals surface area (Å²) in [6.07, 6.45) is 0.454. The number of sulfone groups is 1. The number of nitrogens with zero attached hydrogens (tertiary/aromatic N) is 5. The van der Waals surface area contributed by atoms with Crippen molar-refractivity contribution in [2.75, 3.05) is 33.5 Å². The number of ketones is 2. The Morgan fingerprint density at radius 3 is 2.38 bits per heavy atom. The van der Waals surface area contributed by atoms with Crippen molar-refractivity contribution < 1.29 is 37.3 Å². The lowest BCUT2D eigenvalue weighted by Crippen LogP contribution is -2.57. The van der Waals surface area contributed by atoms with Gasteiger partial charge in [0, 0.05) is 32.6 Å². The van der Waals surface area contributed by atoms with Crippen molar-refractivity contribution in [3.8, 4) is 0 Å². The maximum absolute atomic E-state index is 14.0. The van der Waals surface area contributed by atoms with Crippen molar-refractivity contribution in [2.24, 2.45) is 0 Å². The molecule has 15 heteroatoms. The summed E-state index contributed by atoms with van der Waals surface area (Å²) in [5, 5.41) is 11.7. The summed E-state index contributed by atoms with van der Waals surface area (Å²) in [6, 6.07) is 12.8. The first-order valence-corrected chi connectivity index (χ1v) is 17.1. The first-order chi connectivity index (χ1) is 22.6. The largest absolute Gasteiger partial charge is 0.444 e.